The summed E-state index contributed by atoms with van der Waals surface area (Å²) in [6.07, 6.45) is 14.1. The van der Waals surface area contributed by atoms with Crippen molar-refractivity contribution < 1.29 is 0 Å². The predicted octanol–water partition coefficient (Wildman–Crippen LogP) is 2.74. The van der Waals surface area contributed by atoms with Crippen molar-refractivity contribution in [1.82, 2.24) is 0 Å². The summed E-state index contributed by atoms with van der Waals surface area (Å²) in [7, 11) is 0. The van der Waals surface area contributed by atoms with Crippen molar-refractivity contribution in [2.24, 2.45) is 10.9 Å². The van der Waals surface area contributed by atoms with Crippen LogP contribution in [0.1, 0.15) is 25.7 Å². The number of aliphatic imine (C=N–C) groups is 1. The fraction of sp³-hybridized carbons (Fsp3) is 0.545. The molecule has 0 spiro atoms. The molecule has 0 fully saturated rings. The van der Waals surface area contributed by atoms with Gasteiger partial charge in [-0.3, -0.25) is 4.99 Å². The van der Waals surface area contributed by atoms with Gasteiger partial charge in [-0.15, -0.1) is 0 Å². The zero-order chi connectivity index (χ0) is 8.23. The van der Waals surface area contributed by atoms with Crippen molar-refractivity contribution >= 4 is 6.21 Å². The molecule has 0 aromatic heterocycles. The van der Waals surface area contributed by atoms with Gasteiger partial charge in [-0.1, -0.05) is 18.2 Å². The molecule has 0 aromatic rings. The lowest BCUT2D eigenvalue weighted by Crippen LogP contribution is -2.08. The molecule has 2 rings (SSSR count). The molecular weight excluding hydrogens is 146 g/mol. The van der Waals surface area contributed by atoms with E-state index in [2.05, 4.69) is 29.4 Å². The lowest BCUT2D eigenvalue weighted by atomic mass is 9.88. The van der Waals surface area contributed by atoms with Gasteiger partial charge in [0.25, 0.3) is 0 Å². The topological polar surface area (TPSA) is 12.4 Å². The van der Waals surface area contributed by atoms with Gasteiger partial charge in [-0.05, 0) is 31.3 Å². The van der Waals surface area contributed by atoms with Gasteiger partial charge in [-0.2, -0.15) is 0 Å². The fourth-order valence-electron chi connectivity index (χ4n) is 1.87. The first-order valence-electron chi connectivity index (χ1n) is 4.83. The zero-order valence-corrected chi connectivity index (χ0v) is 7.37. The Morgan fingerprint density at radius 3 is 3.00 bits per heavy atom. The third-order valence-corrected chi connectivity index (χ3v) is 2.56. The van der Waals surface area contributed by atoms with Crippen LogP contribution in [0.5, 0.6) is 0 Å². The Morgan fingerprint density at radius 1 is 1.33 bits per heavy atom. The monoisotopic (exact) mass is 161 g/mol. The van der Waals surface area contributed by atoms with Crippen molar-refractivity contribution in [2.45, 2.75) is 25.7 Å². The minimum absolute atomic E-state index is 0.669. The molecule has 1 aliphatic heterocycles. The number of nitrogens with zero attached hydrogens (tertiary/aromatic N) is 1. The molecule has 1 aliphatic carbocycles. The Morgan fingerprint density at radius 2 is 2.33 bits per heavy atom. The Balaban J connectivity index is 2.07. The SMILES string of the molecule is C1=CC(C2=CCCN=C2)CCC1. The van der Waals surface area contributed by atoms with Crippen LogP contribution >= 0.6 is 0 Å². The standard InChI is InChI=1S/C11H15N/c1-2-5-10(6-3-1)11-7-4-8-12-9-11/h2,5,7,9-10H,1,3-4,6,8H2. The van der Waals surface area contributed by atoms with Gasteiger partial charge in [0, 0.05) is 18.7 Å². The van der Waals surface area contributed by atoms with Crippen molar-refractivity contribution in [2.75, 3.05) is 6.54 Å². The van der Waals surface area contributed by atoms with Crippen LogP contribution in [-0.4, -0.2) is 12.8 Å². The van der Waals surface area contributed by atoms with E-state index in [4.69, 9.17) is 0 Å². The first-order chi connectivity index (χ1) is 5.97. The molecule has 0 N–H and O–H groups in total. The lowest BCUT2D eigenvalue weighted by molar-refractivity contribution is 0.616. The fourth-order valence-corrected chi connectivity index (χ4v) is 1.87. The van der Waals surface area contributed by atoms with Crippen molar-refractivity contribution in [3.05, 3.63) is 23.8 Å². The normalized spacial score (nSPS) is 28.7. The van der Waals surface area contributed by atoms with E-state index in [1.807, 2.05) is 0 Å². The number of dihydropyridines is 1. The average molecular weight is 161 g/mol. The average Bonchev–Trinajstić information content (AvgIpc) is 2.21. The first-order valence-corrected chi connectivity index (χ1v) is 4.83. The Kier molecular flexibility index (Phi) is 2.40. The number of hydrogen-bond donors (Lipinski definition) is 0. The summed E-state index contributed by atoms with van der Waals surface area (Å²) < 4.78 is 0. The maximum atomic E-state index is 4.31. The van der Waals surface area contributed by atoms with Crippen molar-refractivity contribution in [1.29, 1.82) is 0 Å². The molecule has 0 bridgehead atoms. The smallest absolute Gasteiger partial charge is 0.0424 e. The van der Waals surface area contributed by atoms with E-state index in [1.54, 1.807) is 0 Å². The van der Waals surface area contributed by atoms with Crippen LogP contribution in [-0.2, 0) is 0 Å². The molecular formula is C11H15N. The molecule has 0 aromatic carbocycles. The van der Waals surface area contributed by atoms with E-state index in [-0.39, 0.29) is 0 Å². The molecule has 1 heteroatoms. The Labute approximate surface area is 73.9 Å². The second kappa shape index (κ2) is 3.70. The molecule has 64 valence electrons. The van der Waals surface area contributed by atoms with Crippen LogP contribution in [0.2, 0.25) is 0 Å². The van der Waals surface area contributed by atoms with Gasteiger partial charge < -0.3 is 0 Å². The van der Waals surface area contributed by atoms with Gasteiger partial charge >= 0.3 is 0 Å². The van der Waals surface area contributed by atoms with Crippen LogP contribution in [0.25, 0.3) is 0 Å². The van der Waals surface area contributed by atoms with E-state index >= 15 is 0 Å². The highest BCUT2D eigenvalue weighted by Crippen LogP contribution is 2.24. The van der Waals surface area contributed by atoms with Gasteiger partial charge in [0.1, 0.15) is 0 Å². The maximum absolute atomic E-state index is 4.31. The van der Waals surface area contributed by atoms with E-state index in [9.17, 15) is 0 Å². The molecule has 1 heterocycles. The molecule has 1 unspecified atom stereocenters. The highest BCUT2D eigenvalue weighted by Gasteiger charge is 2.12. The summed E-state index contributed by atoms with van der Waals surface area (Å²) in [6, 6.07) is 0. The highest BCUT2D eigenvalue weighted by atomic mass is 14.7. The van der Waals surface area contributed by atoms with Crippen LogP contribution < -0.4 is 0 Å². The summed E-state index contributed by atoms with van der Waals surface area (Å²) in [5.41, 5.74) is 1.44. The predicted molar refractivity (Wildman–Crippen MR) is 52.5 cm³/mol. The van der Waals surface area contributed by atoms with Crippen LogP contribution in [0.4, 0.5) is 0 Å². The number of hydrogen-bond acceptors (Lipinski definition) is 1. The second-order valence-corrected chi connectivity index (χ2v) is 3.49. The van der Waals surface area contributed by atoms with Gasteiger partial charge in [0.2, 0.25) is 0 Å². The number of allylic oxidation sites excluding steroid dienone is 3. The van der Waals surface area contributed by atoms with E-state index in [1.165, 1.54) is 24.8 Å². The first kappa shape index (κ1) is 7.78. The third-order valence-electron chi connectivity index (χ3n) is 2.56. The molecule has 1 nitrogen and oxygen atoms in total. The molecule has 2 aliphatic rings. The molecule has 1 atom stereocenters. The van der Waals surface area contributed by atoms with Crippen LogP contribution in [0.3, 0.4) is 0 Å². The summed E-state index contributed by atoms with van der Waals surface area (Å²) in [6.45, 7) is 0.986. The van der Waals surface area contributed by atoms with Gasteiger partial charge in [-0.25, -0.2) is 0 Å². The Hall–Kier alpha value is -0.850. The molecule has 12 heavy (non-hydrogen) atoms. The van der Waals surface area contributed by atoms with Gasteiger partial charge in [0.15, 0.2) is 0 Å². The second-order valence-electron chi connectivity index (χ2n) is 3.49. The van der Waals surface area contributed by atoms with Gasteiger partial charge in [0.05, 0.1) is 0 Å². The summed E-state index contributed by atoms with van der Waals surface area (Å²) in [4.78, 5) is 4.31. The van der Waals surface area contributed by atoms with E-state index in [0.717, 1.165) is 13.0 Å². The number of rotatable bonds is 1. The summed E-state index contributed by atoms with van der Waals surface area (Å²) in [5, 5.41) is 0. The largest absolute Gasteiger partial charge is 0.293 e. The molecule has 0 saturated heterocycles. The quantitative estimate of drug-likeness (QED) is 0.524. The summed E-state index contributed by atoms with van der Waals surface area (Å²) >= 11 is 0. The lowest BCUT2D eigenvalue weighted by Gasteiger charge is -2.18. The minimum atomic E-state index is 0.669. The van der Waals surface area contributed by atoms with Crippen LogP contribution in [0, 0.1) is 5.92 Å². The summed E-state index contributed by atoms with van der Waals surface area (Å²) in [5.74, 6) is 0.669. The maximum Gasteiger partial charge on any atom is 0.0424 e. The van der Waals surface area contributed by atoms with E-state index < -0.39 is 0 Å². The van der Waals surface area contributed by atoms with Crippen molar-refractivity contribution in [3.63, 3.8) is 0 Å². The zero-order valence-electron chi connectivity index (χ0n) is 7.37. The van der Waals surface area contributed by atoms with E-state index in [0.29, 0.717) is 5.92 Å². The molecule has 0 radical (unpaired) electrons. The van der Waals surface area contributed by atoms with Crippen molar-refractivity contribution in [3.8, 4) is 0 Å². The third kappa shape index (κ3) is 1.66. The minimum Gasteiger partial charge on any atom is -0.293 e. The molecule has 0 amide bonds. The highest BCUT2D eigenvalue weighted by molar-refractivity contribution is 5.80. The molecule has 0 saturated carbocycles. The van der Waals surface area contributed by atoms with Crippen LogP contribution in [0.15, 0.2) is 28.8 Å². The Bertz CT molecular complexity index is 235.